The van der Waals surface area contributed by atoms with Crippen molar-refractivity contribution in [3.63, 3.8) is 0 Å². The predicted molar refractivity (Wildman–Crippen MR) is 68.0 cm³/mol. The third-order valence-electron chi connectivity index (χ3n) is 2.68. The van der Waals surface area contributed by atoms with Gasteiger partial charge in [0.05, 0.1) is 18.8 Å². The molecule has 2 heterocycles. The Morgan fingerprint density at radius 2 is 2.11 bits per heavy atom. The maximum atomic E-state index is 11.9. The standard InChI is InChI=1S/C13H16ClNO3/c1-13(2,3)10-4-8(5-11(14)15-10)12(16)18-9-6-17-7-9/h4-5,9H,6-7H2,1-3H3. The Kier molecular flexibility index (Phi) is 3.59. The maximum absolute atomic E-state index is 11.9. The average Bonchev–Trinajstić information content (AvgIpc) is 2.21. The van der Waals surface area contributed by atoms with Crippen molar-refractivity contribution in [1.29, 1.82) is 0 Å². The van der Waals surface area contributed by atoms with Gasteiger partial charge in [-0.3, -0.25) is 0 Å². The normalized spacial score (nSPS) is 16.2. The van der Waals surface area contributed by atoms with E-state index in [2.05, 4.69) is 4.98 Å². The van der Waals surface area contributed by atoms with Crippen LogP contribution < -0.4 is 0 Å². The summed E-state index contributed by atoms with van der Waals surface area (Å²) in [6, 6.07) is 3.26. The Hall–Kier alpha value is -1.13. The molecule has 0 aliphatic carbocycles. The second-order valence-electron chi connectivity index (χ2n) is 5.38. The number of hydrogen-bond donors (Lipinski definition) is 0. The van der Waals surface area contributed by atoms with Crippen LogP contribution in [0.4, 0.5) is 0 Å². The summed E-state index contributed by atoms with van der Waals surface area (Å²) in [5.41, 5.74) is 1.04. The van der Waals surface area contributed by atoms with E-state index in [9.17, 15) is 4.79 Å². The first-order valence-electron chi connectivity index (χ1n) is 5.83. The number of nitrogens with zero attached hydrogens (tertiary/aromatic N) is 1. The molecule has 1 fully saturated rings. The Bertz CT molecular complexity index is 464. The molecular weight excluding hydrogens is 254 g/mol. The van der Waals surface area contributed by atoms with E-state index in [0.29, 0.717) is 23.9 Å². The minimum absolute atomic E-state index is 0.137. The first-order valence-corrected chi connectivity index (χ1v) is 6.21. The number of carbonyl (C=O) groups excluding carboxylic acids is 1. The predicted octanol–water partition coefficient (Wildman–Crippen LogP) is 2.59. The second-order valence-corrected chi connectivity index (χ2v) is 5.77. The summed E-state index contributed by atoms with van der Waals surface area (Å²) in [6.45, 7) is 6.98. The van der Waals surface area contributed by atoms with Crippen LogP contribution in [0.5, 0.6) is 0 Å². The first kappa shape index (κ1) is 13.3. The highest BCUT2D eigenvalue weighted by atomic mass is 35.5. The van der Waals surface area contributed by atoms with Gasteiger partial charge in [-0.25, -0.2) is 9.78 Å². The lowest BCUT2D eigenvalue weighted by molar-refractivity contribution is -0.103. The van der Waals surface area contributed by atoms with Crippen molar-refractivity contribution in [2.75, 3.05) is 13.2 Å². The van der Waals surface area contributed by atoms with E-state index in [-0.39, 0.29) is 17.5 Å². The molecule has 0 spiro atoms. The molecule has 0 radical (unpaired) electrons. The molecule has 5 heteroatoms. The molecule has 0 aromatic carbocycles. The number of esters is 1. The Labute approximate surface area is 111 Å². The number of hydrogen-bond acceptors (Lipinski definition) is 4. The lowest BCUT2D eigenvalue weighted by atomic mass is 9.91. The summed E-state index contributed by atoms with van der Waals surface area (Å²) in [4.78, 5) is 16.1. The topological polar surface area (TPSA) is 48.4 Å². The lowest BCUT2D eigenvalue weighted by Gasteiger charge is -2.26. The van der Waals surface area contributed by atoms with Crippen LogP contribution in [0.15, 0.2) is 12.1 Å². The van der Waals surface area contributed by atoms with Gasteiger partial charge in [0.15, 0.2) is 0 Å². The van der Waals surface area contributed by atoms with E-state index in [4.69, 9.17) is 21.1 Å². The number of pyridine rings is 1. The van der Waals surface area contributed by atoms with Crippen LogP contribution in [0.2, 0.25) is 5.15 Å². The number of ether oxygens (including phenoxy) is 2. The zero-order valence-corrected chi connectivity index (χ0v) is 11.5. The Balaban J connectivity index is 2.21. The van der Waals surface area contributed by atoms with E-state index < -0.39 is 0 Å². The fourth-order valence-corrected chi connectivity index (χ4v) is 1.71. The highest BCUT2D eigenvalue weighted by Crippen LogP contribution is 2.24. The summed E-state index contributed by atoms with van der Waals surface area (Å²) in [6.07, 6.45) is -0.137. The molecule has 98 valence electrons. The van der Waals surface area contributed by atoms with Gasteiger partial charge in [0.2, 0.25) is 0 Å². The van der Waals surface area contributed by atoms with Gasteiger partial charge in [-0.2, -0.15) is 0 Å². The molecule has 1 aliphatic heterocycles. The molecule has 1 saturated heterocycles. The minimum atomic E-state index is -0.377. The van der Waals surface area contributed by atoms with Gasteiger partial charge in [0.1, 0.15) is 11.3 Å². The van der Waals surface area contributed by atoms with Crippen LogP contribution >= 0.6 is 11.6 Å². The monoisotopic (exact) mass is 269 g/mol. The van der Waals surface area contributed by atoms with Crippen LogP contribution in [-0.2, 0) is 14.9 Å². The third-order valence-corrected chi connectivity index (χ3v) is 2.87. The summed E-state index contributed by atoms with van der Waals surface area (Å²) in [7, 11) is 0. The number of aromatic nitrogens is 1. The van der Waals surface area contributed by atoms with Crippen LogP contribution in [0, 0.1) is 0 Å². The molecule has 18 heavy (non-hydrogen) atoms. The summed E-state index contributed by atoms with van der Waals surface area (Å²) < 4.78 is 10.2. The highest BCUT2D eigenvalue weighted by Gasteiger charge is 2.25. The molecule has 1 aromatic heterocycles. The Morgan fingerprint density at radius 3 is 2.61 bits per heavy atom. The third kappa shape index (κ3) is 3.00. The smallest absolute Gasteiger partial charge is 0.338 e. The maximum Gasteiger partial charge on any atom is 0.338 e. The number of halogens is 1. The van der Waals surface area contributed by atoms with Crippen LogP contribution in [0.1, 0.15) is 36.8 Å². The van der Waals surface area contributed by atoms with Gasteiger partial charge in [0.25, 0.3) is 0 Å². The molecule has 0 N–H and O–H groups in total. The van der Waals surface area contributed by atoms with Crippen molar-refractivity contribution in [3.05, 3.63) is 28.5 Å². The minimum Gasteiger partial charge on any atom is -0.454 e. The molecule has 0 bridgehead atoms. The summed E-state index contributed by atoms with van der Waals surface area (Å²) in [5, 5.41) is 0.305. The van der Waals surface area contributed by atoms with Crippen molar-refractivity contribution >= 4 is 17.6 Å². The average molecular weight is 270 g/mol. The van der Waals surface area contributed by atoms with Crippen LogP contribution in [-0.4, -0.2) is 30.3 Å². The van der Waals surface area contributed by atoms with E-state index in [0.717, 1.165) is 5.69 Å². The highest BCUT2D eigenvalue weighted by molar-refractivity contribution is 6.29. The van der Waals surface area contributed by atoms with E-state index >= 15 is 0 Å². The lowest BCUT2D eigenvalue weighted by Crippen LogP contribution is -2.37. The van der Waals surface area contributed by atoms with E-state index in [1.807, 2.05) is 20.8 Å². The zero-order chi connectivity index (χ0) is 13.3. The molecule has 2 rings (SSSR count). The molecular formula is C13H16ClNO3. The van der Waals surface area contributed by atoms with Crippen LogP contribution in [0.3, 0.4) is 0 Å². The first-order chi connectivity index (χ1) is 8.36. The molecule has 1 aliphatic rings. The van der Waals surface area contributed by atoms with Gasteiger partial charge in [-0.05, 0) is 12.1 Å². The molecule has 0 amide bonds. The van der Waals surface area contributed by atoms with Gasteiger partial charge in [-0.15, -0.1) is 0 Å². The largest absolute Gasteiger partial charge is 0.454 e. The van der Waals surface area contributed by atoms with Crippen molar-refractivity contribution in [2.45, 2.75) is 32.3 Å². The molecule has 0 atom stereocenters. The zero-order valence-electron chi connectivity index (χ0n) is 10.7. The summed E-state index contributed by atoms with van der Waals surface area (Å²) in [5.74, 6) is -0.377. The molecule has 0 unspecified atom stereocenters. The second kappa shape index (κ2) is 4.86. The van der Waals surface area contributed by atoms with Crippen LogP contribution in [0.25, 0.3) is 0 Å². The summed E-state index contributed by atoms with van der Waals surface area (Å²) >= 11 is 5.94. The number of carbonyl (C=O) groups is 1. The molecule has 4 nitrogen and oxygen atoms in total. The Morgan fingerprint density at radius 1 is 1.44 bits per heavy atom. The van der Waals surface area contributed by atoms with Gasteiger partial charge in [0, 0.05) is 11.1 Å². The fourth-order valence-electron chi connectivity index (χ4n) is 1.50. The SMILES string of the molecule is CC(C)(C)c1cc(C(=O)OC2COC2)cc(Cl)n1. The number of rotatable bonds is 2. The van der Waals surface area contributed by atoms with Gasteiger partial charge in [-0.1, -0.05) is 32.4 Å². The van der Waals surface area contributed by atoms with E-state index in [1.54, 1.807) is 6.07 Å². The fraction of sp³-hybridized carbons (Fsp3) is 0.538. The quantitative estimate of drug-likeness (QED) is 0.612. The van der Waals surface area contributed by atoms with Crippen molar-refractivity contribution in [3.8, 4) is 0 Å². The van der Waals surface area contributed by atoms with Gasteiger partial charge < -0.3 is 9.47 Å². The van der Waals surface area contributed by atoms with Gasteiger partial charge >= 0.3 is 5.97 Å². The van der Waals surface area contributed by atoms with E-state index in [1.165, 1.54) is 6.07 Å². The molecule has 1 aromatic rings. The van der Waals surface area contributed by atoms with Crippen molar-refractivity contribution in [1.82, 2.24) is 4.98 Å². The molecule has 0 saturated carbocycles. The van der Waals surface area contributed by atoms with Crippen molar-refractivity contribution < 1.29 is 14.3 Å². The van der Waals surface area contributed by atoms with Crippen molar-refractivity contribution in [2.24, 2.45) is 0 Å².